The Morgan fingerprint density at radius 2 is 2.28 bits per heavy atom. The van der Waals surface area contributed by atoms with Gasteiger partial charge >= 0.3 is 5.97 Å². The molecule has 1 aromatic rings. The number of hydrogen-bond donors (Lipinski definition) is 0. The Morgan fingerprint density at radius 1 is 1.50 bits per heavy atom. The minimum absolute atomic E-state index is 0.223. The molecule has 1 aliphatic heterocycles. The SMILES string of the molecule is CCOC(=O)c1cc2c(s1)CCC1(C2)OCCO1. The van der Waals surface area contributed by atoms with Crippen molar-refractivity contribution in [1.82, 2.24) is 0 Å². The molecule has 0 N–H and O–H groups in total. The van der Waals surface area contributed by atoms with Gasteiger partial charge in [0.25, 0.3) is 0 Å². The second-order valence-electron chi connectivity index (χ2n) is 4.56. The van der Waals surface area contributed by atoms with E-state index >= 15 is 0 Å². The Balaban J connectivity index is 1.81. The summed E-state index contributed by atoms with van der Waals surface area (Å²) in [7, 11) is 0. The van der Waals surface area contributed by atoms with Gasteiger partial charge in [0.15, 0.2) is 5.79 Å². The molecule has 5 heteroatoms. The van der Waals surface area contributed by atoms with E-state index in [9.17, 15) is 4.79 Å². The molecule has 0 saturated carbocycles. The summed E-state index contributed by atoms with van der Waals surface area (Å²) in [4.78, 5) is 13.7. The van der Waals surface area contributed by atoms with Gasteiger partial charge in [-0.3, -0.25) is 0 Å². The summed E-state index contributed by atoms with van der Waals surface area (Å²) in [5, 5.41) is 0. The van der Waals surface area contributed by atoms with E-state index in [1.54, 1.807) is 0 Å². The number of aryl methyl sites for hydroxylation is 1. The molecular formula is C13H16O4S. The molecule has 0 atom stereocenters. The van der Waals surface area contributed by atoms with Gasteiger partial charge in [-0.05, 0) is 25.0 Å². The smallest absolute Gasteiger partial charge is 0.348 e. The molecule has 0 aromatic carbocycles. The zero-order valence-electron chi connectivity index (χ0n) is 10.4. The maximum absolute atomic E-state index is 11.7. The van der Waals surface area contributed by atoms with Crippen LogP contribution in [0.5, 0.6) is 0 Å². The minimum atomic E-state index is -0.431. The van der Waals surface area contributed by atoms with Crippen LogP contribution in [0.15, 0.2) is 6.07 Å². The molecule has 1 fully saturated rings. The number of ether oxygens (including phenoxy) is 3. The summed E-state index contributed by atoms with van der Waals surface area (Å²) in [6, 6.07) is 1.93. The maximum atomic E-state index is 11.7. The Hall–Kier alpha value is -0.910. The number of fused-ring (bicyclic) bond motifs is 1. The molecule has 1 saturated heterocycles. The third-order valence-electron chi connectivity index (χ3n) is 3.38. The molecule has 3 rings (SSSR count). The van der Waals surface area contributed by atoms with Crippen molar-refractivity contribution in [3.05, 3.63) is 21.4 Å². The van der Waals surface area contributed by atoms with Crippen LogP contribution in [0.25, 0.3) is 0 Å². The molecule has 1 spiro atoms. The van der Waals surface area contributed by atoms with Gasteiger partial charge in [-0.1, -0.05) is 0 Å². The molecule has 1 aromatic heterocycles. The standard InChI is InChI=1S/C13H16O4S/c1-2-15-12(14)11-7-9-8-13(16-5-6-17-13)4-3-10(9)18-11/h7H,2-6,8H2,1H3. The van der Waals surface area contributed by atoms with E-state index in [0.717, 1.165) is 19.3 Å². The van der Waals surface area contributed by atoms with Crippen molar-refractivity contribution in [1.29, 1.82) is 0 Å². The van der Waals surface area contributed by atoms with Crippen LogP contribution >= 0.6 is 11.3 Å². The van der Waals surface area contributed by atoms with Crippen LogP contribution < -0.4 is 0 Å². The van der Waals surface area contributed by atoms with Crippen LogP contribution in [-0.2, 0) is 27.1 Å². The number of carbonyl (C=O) groups excluding carboxylic acids is 1. The molecule has 0 unspecified atom stereocenters. The fourth-order valence-electron chi connectivity index (χ4n) is 2.56. The molecule has 0 radical (unpaired) electrons. The third kappa shape index (κ3) is 2.06. The van der Waals surface area contributed by atoms with Gasteiger partial charge in [0.2, 0.25) is 0 Å². The average molecular weight is 268 g/mol. The lowest BCUT2D eigenvalue weighted by atomic mass is 9.93. The molecule has 4 nitrogen and oxygen atoms in total. The van der Waals surface area contributed by atoms with Crippen molar-refractivity contribution in [2.45, 2.75) is 32.0 Å². The lowest BCUT2D eigenvalue weighted by molar-refractivity contribution is -0.163. The van der Waals surface area contributed by atoms with E-state index in [4.69, 9.17) is 14.2 Å². The third-order valence-corrected chi connectivity index (χ3v) is 4.60. The molecule has 18 heavy (non-hydrogen) atoms. The second kappa shape index (κ2) is 4.64. The van der Waals surface area contributed by atoms with Gasteiger partial charge in [0, 0.05) is 17.7 Å². The van der Waals surface area contributed by atoms with Crippen LogP contribution in [0.1, 0.15) is 33.5 Å². The number of rotatable bonds is 2. The summed E-state index contributed by atoms with van der Waals surface area (Å²) in [6.07, 6.45) is 2.54. The summed E-state index contributed by atoms with van der Waals surface area (Å²) >= 11 is 1.54. The summed E-state index contributed by atoms with van der Waals surface area (Å²) in [5.74, 6) is -0.654. The molecule has 2 aliphatic rings. The van der Waals surface area contributed by atoms with E-state index in [0.29, 0.717) is 24.7 Å². The zero-order valence-corrected chi connectivity index (χ0v) is 11.2. The van der Waals surface area contributed by atoms with Gasteiger partial charge in [-0.25, -0.2) is 4.79 Å². The summed E-state index contributed by atoms with van der Waals surface area (Å²) < 4.78 is 16.5. The molecule has 0 bridgehead atoms. The van der Waals surface area contributed by atoms with Crippen LogP contribution in [0.4, 0.5) is 0 Å². The first-order valence-electron chi connectivity index (χ1n) is 6.29. The molecular weight excluding hydrogens is 252 g/mol. The van der Waals surface area contributed by atoms with E-state index in [2.05, 4.69) is 0 Å². The van der Waals surface area contributed by atoms with E-state index in [1.165, 1.54) is 21.8 Å². The van der Waals surface area contributed by atoms with Crippen molar-refractivity contribution < 1.29 is 19.0 Å². The molecule has 1 aliphatic carbocycles. The van der Waals surface area contributed by atoms with Gasteiger partial charge in [-0.15, -0.1) is 11.3 Å². The van der Waals surface area contributed by atoms with Crippen molar-refractivity contribution in [2.24, 2.45) is 0 Å². The van der Waals surface area contributed by atoms with Crippen LogP contribution in [0.3, 0.4) is 0 Å². The number of esters is 1. The lowest BCUT2D eigenvalue weighted by Crippen LogP contribution is -2.36. The van der Waals surface area contributed by atoms with Gasteiger partial charge in [0.1, 0.15) is 4.88 Å². The Morgan fingerprint density at radius 3 is 3.00 bits per heavy atom. The van der Waals surface area contributed by atoms with Crippen molar-refractivity contribution in [3.8, 4) is 0 Å². The van der Waals surface area contributed by atoms with Gasteiger partial charge in [0.05, 0.1) is 19.8 Å². The van der Waals surface area contributed by atoms with Crippen molar-refractivity contribution >= 4 is 17.3 Å². The largest absolute Gasteiger partial charge is 0.462 e. The summed E-state index contributed by atoms with van der Waals surface area (Å²) in [6.45, 7) is 3.58. The summed E-state index contributed by atoms with van der Waals surface area (Å²) in [5.41, 5.74) is 1.18. The first-order chi connectivity index (χ1) is 8.72. The molecule has 98 valence electrons. The highest BCUT2D eigenvalue weighted by molar-refractivity contribution is 7.14. The predicted molar refractivity (Wildman–Crippen MR) is 66.9 cm³/mol. The highest BCUT2D eigenvalue weighted by atomic mass is 32.1. The number of hydrogen-bond acceptors (Lipinski definition) is 5. The van der Waals surface area contributed by atoms with Gasteiger partial charge < -0.3 is 14.2 Å². The van der Waals surface area contributed by atoms with Crippen LogP contribution in [0.2, 0.25) is 0 Å². The Bertz CT molecular complexity index is 460. The quantitative estimate of drug-likeness (QED) is 0.771. The first-order valence-corrected chi connectivity index (χ1v) is 7.11. The minimum Gasteiger partial charge on any atom is -0.462 e. The van der Waals surface area contributed by atoms with E-state index in [-0.39, 0.29) is 5.97 Å². The monoisotopic (exact) mass is 268 g/mol. The van der Waals surface area contributed by atoms with Crippen LogP contribution in [-0.4, -0.2) is 31.6 Å². The highest BCUT2D eigenvalue weighted by Gasteiger charge is 2.40. The normalized spacial score (nSPS) is 20.9. The van der Waals surface area contributed by atoms with E-state index in [1.807, 2.05) is 13.0 Å². The Kier molecular flexibility index (Phi) is 3.13. The van der Waals surface area contributed by atoms with E-state index < -0.39 is 5.79 Å². The number of thiophene rings is 1. The molecule has 0 amide bonds. The number of carbonyl (C=O) groups is 1. The van der Waals surface area contributed by atoms with Crippen LogP contribution in [0, 0.1) is 0 Å². The van der Waals surface area contributed by atoms with Gasteiger partial charge in [-0.2, -0.15) is 0 Å². The lowest BCUT2D eigenvalue weighted by Gasteiger charge is -2.31. The zero-order chi connectivity index (χ0) is 12.6. The highest BCUT2D eigenvalue weighted by Crippen LogP contribution is 2.38. The topological polar surface area (TPSA) is 44.8 Å². The predicted octanol–water partition coefficient (Wildman–Crippen LogP) is 2.16. The first kappa shape index (κ1) is 12.1. The maximum Gasteiger partial charge on any atom is 0.348 e. The van der Waals surface area contributed by atoms with Crippen molar-refractivity contribution in [3.63, 3.8) is 0 Å². The second-order valence-corrected chi connectivity index (χ2v) is 5.70. The average Bonchev–Trinajstić information content (AvgIpc) is 2.96. The van der Waals surface area contributed by atoms with Crippen molar-refractivity contribution in [2.75, 3.05) is 19.8 Å². The fourth-order valence-corrected chi connectivity index (χ4v) is 3.63. The Labute approximate surface area is 110 Å². The molecule has 2 heterocycles. The fraction of sp³-hybridized carbons (Fsp3) is 0.615.